The molecule has 0 saturated heterocycles. The first-order valence-corrected chi connectivity index (χ1v) is 12.1. The van der Waals surface area contributed by atoms with E-state index in [-0.39, 0.29) is 36.3 Å². The summed E-state index contributed by atoms with van der Waals surface area (Å²) in [7, 11) is 0. The number of imide groups is 1. The van der Waals surface area contributed by atoms with Crippen LogP contribution in [0.3, 0.4) is 0 Å². The van der Waals surface area contributed by atoms with Gasteiger partial charge >= 0.3 is 12.1 Å². The monoisotopic (exact) mass is 472 g/mol. The summed E-state index contributed by atoms with van der Waals surface area (Å²) < 4.78 is 0. The number of rotatable bonds is 6. The van der Waals surface area contributed by atoms with Gasteiger partial charge in [-0.05, 0) is 77.0 Å². The Morgan fingerprint density at radius 3 is 1.21 bits per heavy atom. The molecular weight excluding hydrogens is 440 g/mol. The lowest BCUT2D eigenvalue weighted by molar-refractivity contribution is 0.145. The highest BCUT2D eigenvalue weighted by Gasteiger charge is 2.36. The molecule has 0 spiro atoms. The summed E-state index contributed by atoms with van der Waals surface area (Å²) in [5.74, 6) is 0. The van der Waals surface area contributed by atoms with E-state index >= 15 is 0 Å². The summed E-state index contributed by atoms with van der Waals surface area (Å²) >= 11 is 0. The van der Waals surface area contributed by atoms with E-state index in [1.807, 2.05) is 0 Å². The van der Waals surface area contributed by atoms with Crippen LogP contribution in [0.1, 0.15) is 77.0 Å². The lowest BCUT2D eigenvalue weighted by atomic mass is 9.90. The van der Waals surface area contributed by atoms with E-state index in [1.54, 1.807) is 18.2 Å². The number of hydrogen-bond donors (Lipinski definition) is 2. The number of urea groups is 2. The number of nitrogens with one attached hydrogen (secondary N) is 2. The Kier molecular flexibility index (Phi) is 9.71. The molecule has 3 aliphatic rings. The fraction of sp³-hybridized carbons (Fsp3) is 0.783. The molecule has 11 heteroatoms. The maximum absolute atomic E-state index is 13.3. The van der Waals surface area contributed by atoms with Gasteiger partial charge in [0.25, 0.3) is 0 Å². The van der Waals surface area contributed by atoms with Crippen LogP contribution in [0, 0.1) is 0 Å². The topological polar surface area (TPSA) is 150 Å². The lowest BCUT2D eigenvalue weighted by Gasteiger charge is -2.37. The Morgan fingerprint density at radius 2 is 0.882 bits per heavy atom. The van der Waals surface area contributed by atoms with Gasteiger partial charge in [-0.1, -0.05) is 0 Å². The van der Waals surface area contributed by atoms with Crippen molar-refractivity contribution in [2.24, 2.45) is 15.0 Å². The van der Waals surface area contributed by atoms with Crippen molar-refractivity contribution in [3.8, 4) is 0 Å². The molecule has 2 N–H and O–H groups in total. The fourth-order valence-corrected chi connectivity index (χ4v) is 5.28. The van der Waals surface area contributed by atoms with Crippen molar-refractivity contribution in [2.45, 2.75) is 113 Å². The second kappa shape index (κ2) is 12.9. The Hall–Kier alpha value is -3.12. The first kappa shape index (κ1) is 25.5. The molecule has 34 heavy (non-hydrogen) atoms. The van der Waals surface area contributed by atoms with E-state index in [0.29, 0.717) is 77.0 Å². The summed E-state index contributed by atoms with van der Waals surface area (Å²) in [5, 5.41) is 6.00. The van der Waals surface area contributed by atoms with Crippen LogP contribution in [-0.4, -0.2) is 71.5 Å². The maximum Gasteiger partial charge on any atom is 0.326 e. The van der Waals surface area contributed by atoms with Crippen molar-refractivity contribution >= 4 is 30.3 Å². The average molecular weight is 473 g/mol. The van der Waals surface area contributed by atoms with E-state index in [4.69, 9.17) is 0 Å². The standard InChI is InChI=1S/C23H32N6O5/c30-13-24-16-1-5-19(6-2-16)27-22(33)29(21-11-9-18(10-12-21)26-15-32)23(34)28-20-7-3-17(4-8-20)25-14-31/h16-21H,1-12H2,(H,27,33)(H,28,34). The molecule has 3 fully saturated rings. The minimum absolute atomic E-state index is 0.0580. The molecule has 4 amide bonds. The summed E-state index contributed by atoms with van der Waals surface area (Å²) in [6.07, 6.45) is 12.6. The molecule has 0 heterocycles. The average Bonchev–Trinajstić information content (AvgIpc) is 2.83. The zero-order valence-corrected chi connectivity index (χ0v) is 19.3. The largest absolute Gasteiger partial charge is 0.335 e. The second-order valence-electron chi connectivity index (χ2n) is 9.40. The molecule has 11 nitrogen and oxygen atoms in total. The first-order chi connectivity index (χ1) is 16.5. The van der Waals surface area contributed by atoms with Crippen LogP contribution in [0.4, 0.5) is 9.59 Å². The van der Waals surface area contributed by atoms with Gasteiger partial charge in [-0.3, -0.25) is 0 Å². The minimum atomic E-state index is -0.429. The number of amides is 4. The zero-order valence-electron chi connectivity index (χ0n) is 19.3. The van der Waals surface area contributed by atoms with Crippen LogP contribution < -0.4 is 10.6 Å². The van der Waals surface area contributed by atoms with Gasteiger partial charge < -0.3 is 10.6 Å². The predicted octanol–water partition coefficient (Wildman–Crippen LogP) is 2.65. The molecule has 0 aromatic heterocycles. The smallest absolute Gasteiger partial charge is 0.326 e. The molecule has 0 aliphatic heterocycles. The van der Waals surface area contributed by atoms with Gasteiger partial charge in [0.05, 0.1) is 18.1 Å². The third kappa shape index (κ3) is 7.19. The van der Waals surface area contributed by atoms with Crippen LogP contribution in [-0.2, 0) is 14.4 Å². The van der Waals surface area contributed by atoms with Crippen molar-refractivity contribution in [2.75, 3.05) is 0 Å². The van der Waals surface area contributed by atoms with E-state index < -0.39 is 12.1 Å². The molecule has 0 atom stereocenters. The Labute approximate surface area is 198 Å². The molecule has 0 unspecified atom stereocenters. The molecule has 3 saturated carbocycles. The molecule has 184 valence electrons. The van der Waals surface area contributed by atoms with Crippen LogP contribution in [0.5, 0.6) is 0 Å². The SMILES string of the molecule is O=C=NC1CCC(NC(=O)N(C(=O)NC2CCC(N=C=O)CC2)C2CCC(N=C=O)CC2)CC1. The summed E-state index contributed by atoms with van der Waals surface area (Å²) in [6.45, 7) is 0. The summed E-state index contributed by atoms with van der Waals surface area (Å²) in [6, 6.07) is -1.56. The lowest BCUT2D eigenvalue weighted by Crippen LogP contribution is -2.58. The van der Waals surface area contributed by atoms with E-state index in [2.05, 4.69) is 25.6 Å². The zero-order chi connectivity index (χ0) is 24.3. The van der Waals surface area contributed by atoms with Crippen molar-refractivity contribution in [1.29, 1.82) is 0 Å². The maximum atomic E-state index is 13.3. The molecule has 3 aliphatic carbocycles. The number of aliphatic imine (C=N–C) groups is 3. The summed E-state index contributed by atoms with van der Waals surface area (Å²) in [5.41, 5.74) is 0. The highest BCUT2D eigenvalue weighted by Crippen LogP contribution is 2.27. The van der Waals surface area contributed by atoms with Crippen LogP contribution in [0.25, 0.3) is 0 Å². The number of carbonyl (C=O) groups excluding carboxylic acids is 5. The highest BCUT2D eigenvalue weighted by atomic mass is 16.2. The van der Waals surface area contributed by atoms with Crippen LogP contribution in [0.15, 0.2) is 15.0 Å². The van der Waals surface area contributed by atoms with Gasteiger partial charge in [0, 0.05) is 18.1 Å². The van der Waals surface area contributed by atoms with Crippen molar-refractivity contribution in [1.82, 2.24) is 15.5 Å². The molecule has 0 aromatic rings. The quantitative estimate of drug-likeness (QED) is 0.450. The fourth-order valence-electron chi connectivity index (χ4n) is 5.28. The van der Waals surface area contributed by atoms with Gasteiger partial charge in [-0.2, -0.15) is 0 Å². The van der Waals surface area contributed by atoms with Crippen molar-refractivity contribution in [3.63, 3.8) is 0 Å². The van der Waals surface area contributed by atoms with Crippen LogP contribution in [0.2, 0.25) is 0 Å². The molecule has 0 radical (unpaired) electrons. The Balaban J connectivity index is 1.62. The van der Waals surface area contributed by atoms with Gasteiger partial charge in [-0.25, -0.2) is 43.8 Å². The number of isocyanates is 3. The van der Waals surface area contributed by atoms with Gasteiger partial charge in [0.2, 0.25) is 18.2 Å². The summed E-state index contributed by atoms with van der Waals surface area (Å²) in [4.78, 5) is 70.8. The Morgan fingerprint density at radius 1 is 0.559 bits per heavy atom. The van der Waals surface area contributed by atoms with Crippen molar-refractivity contribution in [3.05, 3.63) is 0 Å². The van der Waals surface area contributed by atoms with Gasteiger partial charge in [0.15, 0.2) is 0 Å². The Bertz CT molecular complexity index is 801. The predicted molar refractivity (Wildman–Crippen MR) is 121 cm³/mol. The third-order valence-corrected chi connectivity index (χ3v) is 7.22. The second-order valence-corrected chi connectivity index (χ2v) is 9.40. The van der Waals surface area contributed by atoms with E-state index in [9.17, 15) is 24.0 Å². The van der Waals surface area contributed by atoms with Gasteiger partial charge in [0.1, 0.15) is 0 Å². The first-order valence-electron chi connectivity index (χ1n) is 12.1. The normalized spacial score (nSPS) is 30.9. The van der Waals surface area contributed by atoms with Crippen molar-refractivity contribution < 1.29 is 24.0 Å². The molecule has 3 rings (SSSR count). The van der Waals surface area contributed by atoms with Gasteiger partial charge in [-0.15, -0.1) is 0 Å². The van der Waals surface area contributed by atoms with Crippen LogP contribution >= 0.6 is 0 Å². The van der Waals surface area contributed by atoms with E-state index in [1.165, 1.54) is 4.90 Å². The minimum Gasteiger partial charge on any atom is -0.335 e. The highest BCUT2D eigenvalue weighted by molar-refractivity contribution is 5.94. The number of nitrogens with zero attached hydrogens (tertiary/aromatic N) is 4. The molecule has 0 aromatic carbocycles. The molecular formula is C23H32N6O5. The number of hydrogen-bond acceptors (Lipinski definition) is 8. The molecule has 0 bridgehead atoms. The van der Waals surface area contributed by atoms with E-state index in [0.717, 1.165) is 0 Å². The number of carbonyl (C=O) groups is 2. The third-order valence-electron chi connectivity index (χ3n) is 7.22.